The van der Waals surface area contributed by atoms with E-state index in [4.69, 9.17) is 9.47 Å². The summed E-state index contributed by atoms with van der Waals surface area (Å²) in [6.45, 7) is 21.2. The first-order valence-electron chi connectivity index (χ1n) is 28.4. The summed E-state index contributed by atoms with van der Waals surface area (Å²) in [6.07, 6.45) is 41.7. The predicted molar refractivity (Wildman–Crippen MR) is 277 cm³/mol. The highest BCUT2D eigenvalue weighted by Crippen LogP contribution is 2.42. The number of piperidine rings is 2. The fourth-order valence-corrected chi connectivity index (χ4v) is 12.1. The third-order valence-electron chi connectivity index (χ3n) is 14.9. The van der Waals surface area contributed by atoms with Crippen LogP contribution in [0.4, 0.5) is 0 Å². The lowest BCUT2D eigenvalue weighted by Gasteiger charge is -2.55. The molecule has 0 aromatic rings. The van der Waals surface area contributed by atoms with Crippen molar-refractivity contribution in [2.45, 2.75) is 348 Å². The van der Waals surface area contributed by atoms with Gasteiger partial charge in [0.15, 0.2) is 0 Å². The number of rotatable bonds is 37. The van der Waals surface area contributed by atoms with E-state index in [1.54, 1.807) is 0 Å². The van der Waals surface area contributed by atoms with Crippen molar-refractivity contribution in [3.63, 3.8) is 0 Å². The molecule has 0 aliphatic carbocycles. The second-order valence-electron chi connectivity index (χ2n) is 23.6. The Morgan fingerprint density at radius 3 is 0.742 bits per heavy atom. The predicted octanol–water partition coefficient (Wildman–Crippen LogP) is 16.5. The number of carbonyl (C=O) groups is 4. The van der Waals surface area contributed by atoms with Crippen LogP contribution in [0.1, 0.15) is 313 Å². The summed E-state index contributed by atoms with van der Waals surface area (Å²) in [4.78, 5) is 57.7. The van der Waals surface area contributed by atoms with Crippen molar-refractivity contribution < 1.29 is 28.7 Å². The van der Waals surface area contributed by atoms with Crippen molar-refractivity contribution in [1.29, 1.82) is 0 Å². The molecule has 66 heavy (non-hydrogen) atoms. The Morgan fingerprint density at radius 1 is 0.333 bits per heavy atom. The second kappa shape index (κ2) is 32.6. The van der Waals surface area contributed by atoms with Crippen molar-refractivity contribution in [2.24, 2.45) is 0 Å². The van der Waals surface area contributed by atoms with Crippen LogP contribution in [0.15, 0.2) is 0 Å². The molecule has 2 fully saturated rings. The average molecular weight is 930 g/mol. The molecular weight excluding hydrogens is 821 g/mol. The van der Waals surface area contributed by atoms with Gasteiger partial charge >= 0.3 is 11.9 Å². The Morgan fingerprint density at radius 2 is 0.530 bits per heavy atom. The van der Waals surface area contributed by atoms with Gasteiger partial charge in [0, 0.05) is 60.7 Å². The van der Waals surface area contributed by atoms with Crippen molar-refractivity contribution in [2.75, 3.05) is 0 Å². The van der Waals surface area contributed by atoms with Gasteiger partial charge in [0.05, 0.1) is 12.8 Å². The summed E-state index contributed by atoms with van der Waals surface area (Å²) >= 11 is 0. The van der Waals surface area contributed by atoms with E-state index < -0.39 is 34.1 Å². The molecule has 2 saturated heterocycles. The third kappa shape index (κ3) is 24.4. The number of unbranched alkanes of at least 4 members (excludes halogenated alkanes) is 28. The van der Waals surface area contributed by atoms with E-state index in [2.05, 4.69) is 79.0 Å². The van der Waals surface area contributed by atoms with E-state index in [0.29, 0.717) is 38.5 Å². The highest BCUT2D eigenvalue weighted by atomic mass is 16.6. The molecule has 2 aliphatic rings. The lowest BCUT2D eigenvalue weighted by Crippen LogP contribution is -2.64. The molecule has 8 heteroatoms. The molecule has 0 bridgehead atoms. The Balaban J connectivity index is 1.64. The van der Waals surface area contributed by atoms with E-state index in [-0.39, 0.29) is 36.9 Å². The maximum atomic E-state index is 13.7. The molecule has 2 heterocycles. The van der Waals surface area contributed by atoms with E-state index in [0.717, 1.165) is 25.7 Å². The zero-order valence-corrected chi connectivity index (χ0v) is 45.4. The fraction of sp³-hybridized carbons (Fsp3) is 0.931. The number of amides is 2. The van der Waals surface area contributed by atoms with E-state index in [9.17, 15) is 19.2 Å². The third-order valence-corrected chi connectivity index (χ3v) is 14.9. The molecule has 8 nitrogen and oxygen atoms in total. The fourth-order valence-electron chi connectivity index (χ4n) is 12.1. The van der Waals surface area contributed by atoms with Crippen LogP contribution in [-0.2, 0) is 28.7 Å². The molecule has 2 rings (SSSR count). The van der Waals surface area contributed by atoms with Crippen LogP contribution in [0.25, 0.3) is 0 Å². The monoisotopic (exact) mass is 929 g/mol. The summed E-state index contributed by atoms with van der Waals surface area (Å²) in [7, 11) is 0. The average Bonchev–Trinajstić information content (AvgIpc) is 3.21. The summed E-state index contributed by atoms with van der Waals surface area (Å²) in [5, 5.41) is 0. The molecule has 0 N–H and O–H groups in total. The molecule has 2 aliphatic heterocycles. The molecule has 0 spiro atoms. The van der Waals surface area contributed by atoms with E-state index in [1.165, 1.54) is 167 Å². The number of hydrogen-bond donors (Lipinski definition) is 0. The maximum Gasteiger partial charge on any atom is 0.306 e. The lowest BCUT2D eigenvalue weighted by molar-refractivity contribution is -0.173. The standard InChI is InChI=1S/C58H108N2O6/c1-11-13-15-17-19-21-23-25-27-29-31-33-35-37-39-41-51(61)59-55(3,4)45-49(46-56(59,5)6)65-53(63)43-44-54(64)66-50-47-57(7,8)60(58(9,10)48-50)52(62)42-40-38-36-34-32-30-28-26-24-22-20-18-16-14-12-2/h49-50H,11-48H2,1-10H3. The Bertz CT molecular complexity index is 1200. The molecule has 0 atom stereocenters. The van der Waals surface area contributed by atoms with Gasteiger partial charge in [0.2, 0.25) is 11.8 Å². The first kappa shape index (κ1) is 60.0. The molecule has 0 saturated carbocycles. The van der Waals surface area contributed by atoms with Gasteiger partial charge < -0.3 is 19.3 Å². The van der Waals surface area contributed by atoms with Crippen LogP contribution in [0.2, 0.25) is 0 Å². The minimum absolute atomic E-state index is 0.0403. The van der Waals surface area contributed by atoms with Gasteiger partial charge in [0.25, 0.3) is 0 Å². The van der Waals surface area contributed by atoms with Crippen LogP contribution < -0.4 is 0 Å². The molecule has 386 valence electrons. The Labute approximate surface area is 408 Å². The van der Waals surface area contributed by atoms with Crippen molar-refractivity contribution >= 4 is 23.8 Å². The number of hydrogen-bond acceptors (Lipinski definition) is 6. The van der Waals surface area contributed by atoms with Crippen LogP contribution in [-0.4, -0.2) is 67.9 Å². The van der Waals surface area contributed by atoms with Crippen LogP contribution in [0, 0.1) is 0 Å². The van der Waals surface area contributed by atoms with Gasteiger partial charge in [-0.25, -0.2) is 0 Å². The summed E-state index contributed by atoms with van der Waals surface area (Å²) in [6, 6.07) is 0. The SMILES string of the molecule is CCCCCCCCCCCCCCCCCC(=O)N1C(C)(C)CC(OC(=O)CCC(=O)OC2CC(C)(C)N(C(=O)CCCCCCCCCCCCCCCCC)C(C)(C)C2)CC1(C)C. The number of carbonyl (C=O) groups excluding carboxylic acids is 4. The van der Waals surface area contributed by atoms with Gasteiger partial charge in [-0.05, 0) is 68.2 Å². The largest absolute Gasteiger partial charge is 0.462 e. The molecule has 0 unspecified atom stereocenters. The zero-order valence-electron chi connectivity index (χ0n) is 45.4. The van der Waals surface area contributed by atoms with Crippen LogP contribution in [0.5, 0.6) is 0 Å². The van der Waals surface area contributed by atoms with Crippen molar-refractivity contribution in [1.82, 2.24) is 9.80 Å². The van der Waals surface area contributed by atoms with Gasteiger partial charge in [-0.1, -0.05) is 194 Å². The first-order chi connectivity index (χ1) is 31.4. The molecular formula is C58H108N2O6. The topological polar surface area (TPSA) is 93.2 Å². The van der Waals surface area contributed by atoms with E-state index in [1.807, 2.05) is 0 Å². The number of likely N-dealkylation sites (tertiary alicyclic amines) is 2. The van der Waals surface area contributed by atoms with Crippen LogP contribution >= 0.6 is 0 Å². The molecule has 2 amide bonds. The minimum Gasteiger partial charge on any atom is -0.462 e. The Kier molecular flexibility index (Phi) is 29.7. The lowest BCUT2D eigenvalue weighted by atomic mass is 9.77. The quantitative estimate of drug-likeness (QED) is 0.0455. The summed E-state index contributed by atoms with van der Waals surface area (Å²) in [5.74, 6) is -0.426. The Hall–Kier alpha value is -2.12. The molecule has 0 aromatic carbocycles. The highest BCUT2D eigenvalue weighted by molar-refractivity contribution is 5.79. The van der Waals surface area contributed by atoms with Gasteiger partial charge in [0.1, 0.15) is 12.2 Å². The summed E-state index contributed by atoms with van der Waals surface area (Å²) < 4.78 is 12.0. The smallest absolute Gasteiger partial charge is 0.306 e. The normalized spacial score (nSPS) is 18.1. The molecule has 0 radical (unpaired) electrons. The van der Waals surface area contributed by atoms with Gasteiger partial charge in [-0.2, -0.15) is 0 Å². The number of ether oxygens (including phenoxy) is 2. The highest BCUT2D eigenvalue weighted by Gasteiger charge is 2.50. The molecule has 0 aromatic heterocycles. The summed E-state index contributed by atoms with van der Waals surface area (Å²) in [5.41, 5.74) is -1.83. The van der Waals surface area contributed by atoms with Crippen molar-refractivity contribution in [3.8, 4) is 0 Å². The number of esters is 2. The van der Waals surface area contributed by atoms with Gasteiger partial charge in [-0.3, -0.25) is 19.2 Å². The van der Waals surface area contributed by atoms with Gasteiger partial charge in [-0.15, -0.1) is 0 Å². The minimum atomic E-state index is -0.458. The van der Waals surface area contributed by atoms with Crippen molar-refractivity contribution in [3.05, 3.63) is 0 Å². The zero-order chi connectivity index (χ0) is 48.9. The van der Waals surface area contributed by atoms with E-state index >= 15 is 0 Å². The number of nitrogens with zero attached hydrogens (tertiary/aromatic N) is 2. The first-order valence-corrected chi connectivity index (χ1v) is 28.4. The maximum absolute atomic E-state index is 13.7. The van der Waals surface area contributed by atoms with Crippen LogP contribution in [0.3, 0.4) is 0 Å². The second-order valence-corrected chi connectivity index (χ2v) is 23.6.